The van der Waals surface area contributed by atoms with E-state index < -0.39 is 10.9 Å². The average Bonchev–Trinajstić information content (AvgIpc) is 2.31. The van der Waals surface area contributed by atoms with Crippen LogP contribution in [-0.4, -0.2) is 23.1 Å². The molecule has 0 aliphatic heterocycles. The Labute approximate surface area is 99.6 Å². The fourth-order valence-electron chi connectivity index (χ4n) is 1.13. The van der Waals surface area contributed by atoms with Crippen molar-refractivity contribution in [1.29, 1.82) is 0 Å². The van der Waals surface area contributed by atoms with Crippen molar-refractivity contribution in [2.75, 3.05) is 7.11 Å². The summed E-state index contributed by atoms with van der Waals surface area (Å²) in [6.07, 6.45) is 0.365. The van der Waals surface area contributed by atoms with Gasteiger partial charge < -0.3 is 14.6 Å². The van der Waals surface area contributed by atoms with Gasteiger partial charge in [0.2, 0.25) is 4.93 Å². The molecule has 0 amide bonds. The van der Waals surface area contributed by atoms with Crippen LogP contribution >= 0.6 is 12.6 Å². The molecule has 0 aromatic heterocycles. The van der Waals surface area contributed by atoms with E-state index in [1.165, 1.54) is 19.2 Å². The lowest BCUT2D eigenvalue weighted by Gasteiger charge is -2.25. The fourth-order valence-corrected chi connectivity index (χ4v) is 1.32. The molecule has 0 saturated carbocycles. The van der Waals surface area contributed by atoms with E-state index in [1.54, 1.807) is 19.1 Å². The second kappa shape index (κ2) is 5.12. The number of phenols is 1. The maximum absolute atomic E-state index is 11.5. The van der Waals surface area contributed by atoms with Crippen molar-refractivity contribution in [2.45, 2.75) is 18.3 Å². The predicted octanol–water partition coefficient (Wildman–Crippen LogP) is 1.98. The van der Waals surface area contributed by atoms with Crippen LogP contribution in [0.4, 0.5) is 0 Å². The van der Waals surface area contributed by atoms with Gasteiger partial charge in [0, 0.05) is 6.42 Å². The van der Waals surface area contributed by atoms with Gasteiger partial charge in [-0.2, -0.15) is 0 Å². The van der Waals surface area contributed by atoms with Gasteiger partial charge in [0.05, 0.1) is 7.11 Å². The molecule has 16 heavy (non-hydrogen) atoms. The molecular weight excluding hydrogens is 228 g/mol. The smallest absolute Gasteiger partial charge is 0.360 e. The molecule has 4 nitrogen and oxygen atoms in total. The average molecular weight is 242 g/mol. The second-order valence-electron chi connectivity index (χ2n) is 3.23. The summed E-state index contributed by atoms with van der Waals surface area (Å²) in [5.41, 5.74) is 0. The zero-order chi connectivity index (χ0) is 12.2. The van der Waals surface area contributed by atoms with Crippen molar-refractivity contribution in [1.82, 2.24) is 0 Å². The lowest BCUT2D eigenvalue weighted by molar-refractivity contribution is -0.151. The summed E-state index contributed by atoms with van der Waals surface area (Å²) in [5, 5.41) is 9.10. The Morgan fingerprint density at radius 1 is 1.44 bits per heavy atom. The van der Waals surface area contributed by atoms with E-state index in [-0.39, 0.29) is 5.75 Å². The quantitative estimate of drug-likeness (QED) is 0.481. The minimum Gasteiger partial charge on any atom is -0.508 e. The van der Waals surface area contributed by atoms with Crippen molar-refractivity contribution in [3.05, 3.63) is 24.3 Å². The molecule has 0 fully saturated rings. The maximum atomic E-state index is 11.5. The van der Waals surface area contributed by atoms with E-state index >= 15 is 0 Å². The summed E-state index contributed by atoms with van der Waals surface area (Å²) in [6.45, 7) is 1.77. The molecular formula is C11H14O4S. The first kappa shape index (κ1) is 12.7. The van der Waals surface area contributed by atoms with Crippen LogP contribution in [0.15, 0.2) is 24.3 Å². The van der Waals surface area contributed by atoms with Crippen molar-refractivity contribution in [3.8, 4) is 11.5 Å². The fraction of sp³-hybridized carbons (Fsp3) is 0.364. The summed E-state index contributed by atoms with van der Waals surface area (Å²) in [4.78, 5) is 10.2. The molecule has 1 atom stereocenters. The number of aromatic hydroxyl groups is 1. The molecule has 1 rings (SSSR count). The lowest BCUT2D eigenvalue weighted by Crippen LogP contribution is -2.39. The Hall–Kier alpha value is -1.36. The number of rotatable bonds is 4. The second-order valence-corrected chi connectivity index (χ2v) is 3.95. The van der Waals surface area contributed by atoms with Gasteiger partial charge in [-0.05, 0) is 24.3 Å². The van der Waals surface area contributed by atoms with Gasteiger partial charge in [-0.3, -0.25) is 0 Å². The van der Waals surface area contributed by atoms with Crippen LogP contribution in [0.2, 0.25) is 0 Å². The highest BCUT2D eigenvalue weighted by atomic mass is 32.1. The minimum atomic E-state index is -1.30. The first-order valence-corrected chi connectivity index (χ1v) is 5.25. The SMILES string of the molecule is CC[C@](S)(Oc1ccc(O)cc1)C(=O)OC. The van der Waals surface area contributed by atoms with E-state index in [0.29, 0.717) is 12.2 Å². The normalized spacial score (nSPS) is 13.9. The van der Waals surface area contributed by atoms with Gasteiger partial charge in [0.25, 0.3) is 0 Å². The molecule has 0 unspecified atom stereocenters. The minimum absolute atomic E-state index is 0.131. The molecule has 0 bridgehead atoms. The third kappa shape index (κ3) is 2.82. The molecule has 0 saturated heterocycles. The Balaban J connectivity index is 2.84. The van der Waals surface area contributed by atoms with Crippen LogP contribution in [0.25, 0.3) is 0 Å². The van der Waals surface area contributed by atoms with E-state index in [1.807, 2.05) is 0 Å². The third-order valence-electron chi connectivity index (χ3n) is 2.11. The molecule has 0 spiro atoms. The highest BCUT2D eigenvalue weighted by molar-refractivity contribution is 7.82. The number of benzene rings is 1. The summed E-state index contributed by atoms with van der Waals surface area (Å²) >= 11 is 4.17. The molecule has 0 aliphatic rings. The first-order chi connectivity index (χ1) is 7.51. The van der Waals surface area contributed by atoms with Crippen LogP contribution in [0.1, 0.15) is 13.3 Å². The topological polar surface area (TPSA) is 55.8 Å². The molecule has 88 valence electrons. The van der Waals surface area contributed by atoms with Gasteiger partial charge >= 0.3 is 5.97 Å². The Bertz CT molecular complexity index is 363. The molecule has 5 heteroatoms. The van der Waals surface area contributed by atoms with Gasteiger partial charge in [-0.25, -0.2) is 4.79 Å². The number of esters is 1. The number of carbonyl (C=O) groups is 1. The predicted molar refractivity (Wildman–Crippen MR) is 62.8 cm³/mol. The number of phenolic OH excluding ortho intramolecular Hbond substituents is 1. The largest absolute Gasteiger partial charge is 0.508 e. The van der Waals surface area contributed by atoms with Crippen molar-refractivity contribution >= 4 is 18.6 Å². The maximum Gasteiger partial charge on any atom is 0.360 e. The van der Waals surface area contributed by atoms with Crippen LogP contribution < -0.4 is 4.74 Å². The zero-order valence-corrected chi connectivity index (χ0v) is 10.0. The van der Waals surface area contributed by atoms with Crippen LogP contribution in [0.5, 0.6) is 11.5 Å². The molecule has 1 N–H and O–H groups in total. The highest BCUT2D eigenvalue weighted by Crippen LogP contribution is 2.27. The number of thiol groups is 1. The Kier molecular flexibility index (Phi) is 4.06. The van der Waals surface area contributed by atoms with Crippen LogP contribution in [0.3, 0.4) is 0 Å². The van der Waals surface area contributed by atoms with Gasteiger partial charge in [-0.1, -0.05) is 6.92 Å². The molecule has 1 aromatic carbocycles. The number of hydrogen-bond donors (Lipinski definition) is 2. The molecule has 0 radical (unpaired) electrons. The number of ether oxygens (including phenoxy) is 2. The monoisotopic (exact) mass is 242 g/mol. The van der Waals surface area contributed by atoms with E-state index in [4.69, 9.17) is 9.84 Å². The van der Waals surface area contributed by atoms with Gasteiger partial charge in [0.1, 0.15) is 11.5 Å². The Morgan fingerprint density at radius 3 is 2.44 bits per heavy atom. The zero-order valence-electron chi connectivity index (χ0n) is 9.14. The van der Waals surface area contributed by atoms with Crippen molar-refractivity contribution < 1.29 is 19.4 Å². The van der Waals surface area contributed by atoms with Crippen molar-refractivity contribution in [2.24, 2.45) is 0 Å². The number of hydrogen-bond acceptors (Lipinski definition) is 5. The third-order valence-corrected chi connectivity index (χ3v) is 2.70. The number of carbonyl (C=O) groups excluding carboxylic acids is 1. The van der Waals surface area contributed by atoms with E-state index in [0.717, 1.165) is 0 Å². The molecule has 0 heterocycles. The summed E-state index contributed by atoms with van der Waals surface area (Å²) in [6, 6.07) is 6.05. The van der Waals surface area contributed by atoms with E-state index in [9.17, 15) is 4.79 Å². The van der Waals surface area contributed by atoms with E-state index in [2.05, 4.69) is 17.4 Å². The Morgan fingerprint density at radius 2 is 2.00 bits per heavy atom. The highest BCUT2D eigenvalue weighted by Gasteiger charge is 2.36. The van der Waals surface area contributed by atoms with Crippen molar-refractivity contribution in [3.63, 3.8) is 0 Å². The van der Waals surface area contributed by atoms with Gasteiger partial charge in [0.15, 0.2) is 0 Å². The van der Waals surface area contributed by atoms with Crippen LogP contribution in [-0.2, 0) is 9.53 Å². The summed E-state index contributed by atoms with van der Waals surface area (Å²) < 4.78 is 10.0. The first-order valence-electron chi connectivity index (χ1n) is 4.80. The lowest BCUT2D eigenvalue weighted by atomic mass is 10.2. The summed E-state index contributed by atoms with van der Waals surface area (Å²) in [7, 11) is 1.28. The molecule has 0 aliphatic carbocycles. The number of methoxy groups -OCH3 is 1. The standard InChI is InChI=1S/C11H14O4S/c1-3-11(16,10(13)14-2)15-9-6-4-8(12)5-7-9/h4-7,12,16H,3H2,1-2H3/t11-/m1/s1. The van der Waals surface area contributed by atoms with Crippen LogP contribution in [0, 0.1) is 0 Å². The molecule has 1 aromatic rings. The van der Waals surface area contributed by atoms with Gasteiger partial charge in [-0.15, -0.1) is 12.6 Å². The summed E-state index contributed by atoms with van der Waals surface area (Å²) in [5.74, 6) is 0.0261.